The molecule has 0 saturated carbocycles. The number of phenols is 1. The molecule has 3 aromatic rings. The number of aromatic nitrogens is 2. The molecule has 0 spiro atoms. The van der Waals surface area contributed by atoms with Crippen molar-refractivity contribution in [2.45, 2.75) is 13.8 Å². The van der Waals surface area contributed by atoms with Crippen LogP contribution in [0.5, 0.6) is 5.75 Å². The van der Waals surface area contributed by atoms with Crippen LogP contribution in [0.15, 0.2) is 58.4 Å². The molecule has 0 aliphatic heterocycles. The van der Waals surface area contributed by atoms with Gasteiger partial charge in [0.2, 0.25) is 0 Å². The first-order valence-electron chi connectivity index (χ1n) is 8.65. The molecule has 8 nitrogen and oxygen atoms in total. The molecule has 0 fully saturated rings. The van der Waals surface area contributed by atoms with Gasteiger partial charge in [-0.1, -0.05) is 30.3 Å². The van der Waals surface area contributed by atoms with Crippen LogP contribution in [0.2, 0.25) is 0 Å². The SMILES string of the molecule is Cc1ccccc1-n1nc(C(=O)N/N=C/c2cccc(O)c2)c(C)c(C#N)c1=O. The van der Waals surface area contributed by atoms with Crippen molar-refractivity contribution in [2.75, 3.05) is 0 Å². The summed E-state index contributed by atoms with van der Waals surface area (Å²) in [7, 11) is 0. The Morgan fingerprint density at radius 2 is 2.00 bits per heavy atom. The molecule has 0 bridgehead atoms. The summed E-state index contributed by atoms with van der Waals surface area (Å²) in [4.78, 5) is 25.3. The van der Waals surface area contributed by atoms with E-state index in [9.17, 15) is 20.0 Å². The molecule has 1 aromatic heterocycles. The van der Waals surface area contributed by atoms with E-state index >= 15 is 0 Å². The zero-order valence-corrected chi connectivity index (χ0v) is 15.7. The van der Waals surface area contributed by atoms with Gasteiger partial charge in [0.15, 0.2) is 5.69 Å². The number of para-hydroxylation sites is 1. The number of carbonyl (C=O) groups is 1. The topological polar surface area (TPSA) is 120 Å². The van der Waals surface area contributed by atoms with Gasteiger partial charge in [-0.15, -0.1) is 0 Å². The molecule has 144 valence electrons. The van der Waals surface area contributed by atoms with Gasteiger partial charge in [0, 0.05) is 5.56 Å². The van der Waals surface area contributed by atoms with Gasteiger partial charge in [-0.3, -0.25) is 9.59 Å². The number of benzene rings is 2. The lowest BCUT2D eigenvalue weighted by Gasteiger charge is -2.12. The molecule has 8 heteroatoms. The zero-order chi connectivity index (χ0) is 21.0. The summed E-state index contributed by atoms with van der Waals surface area (Å²) in [6, 6.07) is 15.2. The van der Waals surface area contributed by atoms with Crippen LogP contribution in [-0.2, 0) is 0 Å². The number of hydrogen-bond acceptors (Lipinski definition) is 6. The molecule has 2 N–H and O–H groups in total. The second-order valence-electron chi connectivity index (χ2n) is 6.26. The van der Waals surface area contributed by atoms with Crippen LogP contribution in [0.4, 0.5) is 0 Å². The zero-order valence-electron chi connectivity index (χ0n) is 15.7. The Morgan fingerprint density at radius 1 is 1.24 bits per heavy atom. The molecule has 0 unspecified atom stereocenters. The second-order valence-corrected chi connectivity index (χ2v) is 6.26. The monoisotopic (exact) mass is 387 g/mol. The Morgan fingerprint density at radius 3 is 2.69 bits per heavy atom. The number of phenolic OH excluding ortho intramolecular Hbond substituents is 1. The largest absolute Gasteiger partial charge is 0.508 e. The molecule has 1 heterocycles. The number of hydrazone groups is 1. The normalized spacial score (nSPS) is 10.7. The van der Waals surface area contributed by atoms with E-state index in [0.717, 1.165) is 10.2 Å². The molecule has 29 heavy (non-hydrogen) atoms. The van der Waals surface area contributed by atoms with Crippen molar-refractivity contribution in [3.8, 4) is 17.5 Å². The Labute approximate surface area is 166 Å². The number of nitrogens with one attached hydrogen (secondary N) is 1. The molecule has 0 aliphatic carbocycles. The van der Waals surface area contributed by atoms with Gasteiger partial charge >= 0.3 is 0 Å². The van der Waals surface area contributed by atoms with Gasteiger partial charge in [-0.25, -0.2) is 5.43 Å². The number of hydrogen-bond donors (Lipinski definition) is 2. The van der Waals surface area contributed by atoms with Crippen LogP contribution in [-0.4, -0.2) is 27.0 Å². The van der Waals surface area contributed by atoms with Crippen LogP contribution in [0.25, 0.3) is 5.69 Å². The van der Waals surface area contributed by atoms with Crippen LogP contribution in [0, 0.1) is 25.2 Å². The lowest BCUT2D eigenvalue weighted by atomic mass is 10.1. The maximum Gasteiger partial charge on any atom is 0.292 e. The minimum absolute atomic E-state index is 0.0711. The molecule has 0 radical (unpaired) electrons. The highest BCUT2D eigenvalue weighted by atomic mass is 16.3. The third-order valence-corrected chi connectivity index (χ3v) is 4.26. The number of nitrogens with zero attached hydrogens (tertiary/aromatic N) is 4. The summed E-state index contributed by atoms with van der Waals surface area (Å²) in [5.74, 6) is -0.598. The maximum atomic E-state index is 12.7. The van der Waals surface area contributed by atoms with Crippen LogP contribution < -0.4 is 11.0 Å². The third-order valence-electron chi connectivity index (χ3n) is 4.26. The van der Waals surface area contributed by atoms with Crippen molar-refractivity contribution in [3.63, 3.8) is 0 Å². The van der Waals surface area contributed by atoms with E-state index in [1.165, 1.54) is 25.3 Å². The van der Waals surface area contributed by atoms with Crippen LogP contribution >= 0.6 is 0 Å². The van der Waals surface area contributed by atoms with Crippen molar-refractivity contribution in [1.29, 1.82) is 5.26 Å². The predicted octanol–water partition coefficient (Wildman–Crippen LogP) is 2.19. The summed E-state index contributed by atoms with van der Waals surface area (Å²) in [6.45, 7) is 3.29. The van der Waals surface area contributed by atoms with Crippen molar-refractivity contribution >= 4 is 12.1 Å². The summed E-state index contributed by atoms with van der Waals surface area (Å²) in [5, 5.41) is 26.9. The van der Waals surface area contributed by atoms with Gasteiger partial charge in [0.1, 0.15) is 17.4 Å². The Balaban J connectivity index is 1.99. The van der Waals surface area contributed by atoms with Gasteiger partial charge in [0.05, 0.1) is 11.9 Å². The minimum atomic E-state index is -0.669. The Bertz CT molecular complexity index is 1220. The fourth-order valence-corrected chi connectivity index (χ4v) is 2.74. The number of aryl methyl sites for hydroxylation is 1. The highest BCUT2D eigenvalue weighted by molar-refractivity contribution is 5.94. The minimum Gasteiger partial charge on any atom is -0.508 e. The number of nitriles is 1. The van der Waals surface area contributed by atoms with Gasteiger partial charge < -0.3 is 5.11 Å². The molecular weight excluding hydrogens is 370 g/mol. The summed E-state index contributed by atoms with van der Waals surface area (Å²) in [5.41, 5.74) is 3.49. The van der Waals surface area contributed by atoms with Gasteiger partial charge in [-0.05, 0) is 43.2 Å². The summed E-state index contributed by atoms with van der Waals surface area (Å²) in [6.07, 6.45) is 1.36. The highest BCUT2D eigenvalue weighted by Crippen LogP contribution is 2.14. The van der Waals surface area contributed by atoms with Crippen molar-refractivity contribution in [1.82, 2.24) is 15.2 Å². The fraction of sp³-hybridized carbons (Fsp3) is 0.0952. The maximum absolute atomic E-state index is 12.7. The number of carbonyl (C=O) groups excluding carboxylic acids is 1. The molecule has 3 rings (SSSR count). The molecular formula is C21H17N5O3. The average Bonchev–Trinajstić information content (AvgIpc) is 2.69. The number of amides is 1. The van der Waals surface area contributed by atoms with Gasteiger partial charge in [0.25, 0.3) is 11.5 Å². The lowest BCUT2D eigenvalue weighted by Crippen LogP contribution is -2.31. The third kappa shape index (κ3) is 4.04. The van der Waals surface area contributed by atoms with Gasteiger partial charge in [-0.2, -0.15) is 20.1 Å². The fourth-order valence-electron chi connectivity index (χ4n) is 2.74. The summed E-state index contributed by atoms with van der Waals surface area (Å²) < 4.78 is 1.05. The smallest absolute Gasteiger partial charge is 0.292 e. The first kappa shape index (κ1) is 19.5. The first-order chi connectivity index (χ1) is 13.9. The molecule has 2 aromatic carbocycles. The predicted molar refractivity (Wildman–Crippen MR) is 107 cm³/mol. The standard InChI is InChI=1S/C21H17N5O3/c1-13-6-3-4-9-18(13)26-21(29)17(11-22)14(2)19(25-26)20(28)24-23-12-15-7-5-8-16(27)10-15/h3-10,12,27H,1-2H3,(H,24,28)/b23-12+. The molecule has 1 amide bonds. The van der Waals surface area contributed by atoms with Crippen LogP contribution in [0.1, 0.15) is 32.7 Å². The van der Waals surface area contributed by atoms with E-state index in [2.05, 4.69) is 15.6 Å². The number of aromatic hydroxyl groups is 1. The number of rotatable bonds is 4. The van der Waals surface area contributed by atoms with E-state index in [1.54, 1.807) is 37.3 Å². The lowest BCUT2D eigenvalue weighted by molar-refractivity contribution is 0.0947. The van der Waals surface area contributed by atoms with E-state index in [4.69, 9.17) is 0 Å². The quantitative estimate of drug-likeness (QED) is 0.525. The molecule has 0 aliphatic rings. The van der Waals surface area contributed by atoms with Crippen molar-refractivity contribution < 1.29 is 9.90 Å². The van der Waals surface area contributed by atoms with Crippen molar-refractivity contribution in [3.05, 3.63) is 86.8 Å². The van der Waals surface area contributed by atoms with E-state index in [1.807, 2.05) is 12.1 Å². The first-order valence-corrected chi connectivity index (χ1v) is 8.65. The second kappa shape index (κ2) is 8.19. The Hall–Kier alpha value is -4.25. The highest BCUT2D eigenvalue weighted by Gasteiger charge is 2.20. The average molecular weight is 387 g/mol. The Kier molecular flexibility index (Phi) is 5.51. The summed E-state index contributed by atoms with van der Waals surface area (Å²) >= 11 is 0. The van der Waals surface area contributed by atoms with E-state index in [-0.39, 0.29) is 22.6 Å². The van der Waals surface area contributed by atoms with Crippen LogP contribution in [0.3, 0.4) is 0 Å². The van der Waals surface area contributed by atoms with E-state index < -0.39 is 11.5 Å². The molecule has 0 saturated heterocycles. The van der Waals surface area contributed by atoms with E-state index in [0.29, 0.717) is 11.3 Å². The molecule has 0 atom stereocenters. The van der Waals surface area contributed by atoms with Crippen molar-refractivity contribution in [2.24, 2.45) is 5.10 Å².